The fraction of sp³-hybridized carbons (Fsp3) is 0.321. The van der Waals surface area contributed by atoms with E-state index in [1.807, 2.05) is 18.2 Å². The standard InChI is InChI=1S/C28H30F2N2O3/c1-34-25-11-19(12-26(14-25)35-2)16-32-17-22(20-7-9-24(29)10-8-20)13-23(18-32)28(33)31-15-21-5-3-4-6-27(21)30/h3-12,14,22-23H,13,15-18H2,1-2H3,(H,31,33). The smallest absolute Gasteiger partial charge is 0.224 e. The topological polar surface area (TPSA) is 50.8 Å². The Labute approximate surface area is 204 Å². The van der Waals surface area contributed by atoms with Crippen molar-refractivity contribution in [1.29, 1.82) is 0 Å². The van der Waals surface area contributed by atoms with Gasteiger partial charge in [0.2, 0.25) is 5.91 Å². The number of nitrogens with one attached hydrogen (secondary N) is 1. The minimum Gasteiger partial charge on any atom is -0.497 e. The summed E-state index contributed by atoms with van der Waals surface area (Å²) in [6.07, 6.45) is 0.632. The van der Waals surface area contributed by atoms with E-state index in [-0.39, 0.29) is 35.9 Å². The number of methoxy groups -OCH3 is 2. The number of nitrogens with zero attached hydrogens (tertiary/aromatic N) is 1. The van der Waals surface area contributed by atoms with Crippen LogP contribution in [0, 0.1) is 17.6 Å². The summed E-state index contributed by atoms with van der Waals surface area (Å²) in [7, 11) is 3.22. The number of rotatable bonds is 8. The van der Waals surface area contributed by atoms with E-state index in [0.717, 1.165) is 17.7 Å². The molecule has 2 unspecified atom stereocenters. The SMILES string of the molecule is COc1cc(CN2CC(C(=O)NCc3ccccc3F)CC(c3ccc(F)cc3)C2)cc(OC)c1. The lowest BCUT2D eigenvalue weighted by Gasteiger charge is -2.37. The zero-order valence-electron chi connectivity index (χ0n) is 20.0. The molecular formula is C28H30F2N2O3. The number of hydrogen-bond donors (Lipinski definition) is 1. The molecule has 1 aliphatic rings. The lowest BCUT2D eigenvalue weighted by atomic mass is 9.83. The molecule has 0 saturated carbocycles. The molecule has 0 radical (unpaired) electrons. The minimum atomic E-state index is -0.339. The van der Waals surface area contributed by atoms with Crippen molar-refractivity contribution in [3.8, 4) is 11.5 Å². The van der Waals surface area contributed by atoms with E-state index >= 15 is 0 Å². The van der Waals surface area contributed by atoms with Gasteiger partial charge in [0.1, 0.15) is 23.1 Å². The molecule has 2 atom stereocenters. The molecule has 0 aliphatic carbocycles. The predicted octanol–water partition coefficient (Wildman–Crippen LogP) is 4.90. The van der Waals surface area contributed by atoms with Crippen molar-refractivity contribution in [2.24, 2.45) is 5.92 Å². The second-order valence-electron chi connectivity index (χ2n) is 8.91. The number of amides is 1. The Morgan fingerprint density at radius 1 is 0.971 bits per heavy atom. The van der Waals surface area contributed by atoms with Crippen LogP contribution in [0.15, 0.2) is 66.7 Å². The first-order valence-electron chi connectivity index (χ1n) is 11.7. The quantitative estimate of drug-likeness (QED) is 0.498. The van der Waals surface area contributed by atoms with Crippen LogP contribution in [0.2, 0.25) is 0 Å². The third-order valence-corrected chi connectivity index (χ3v) is 6.47. The van der Waals surface area contributed by atoms with Crippen LogP contribution >= 0.6 is 0 Å². The van der Waals surface area contributed by atoms with E-state index in [0.29, 0.717) is 36.6 Å². The Kier molecular flexibility index (Phi) is 7.98. The molecule has 7 heteroatoms. The fourth-order valence-electron chi connectivity index (χ4n) is 4.67. The fourth-order valence-corrected chi connectivity index (χ4v) is 4.67. The first-order valence-corrected chi connectivity index (χ1v) is 11.7. The predicted molar refractivity (Wildman–Crippen MR) is 130 cm³/mol. The minimum absolute atomic E-state index is 0.0565. The van der Waals surface area contributed by atoms with Crippen LogP contribution < -0.4 is 14.8 Å². The van der Waals surface area contributed by atoms with Crippen LogP contribution in [0.5, 0.6) is 11.5 Å². The molecule has 0 spiro atoms. The first-order chi connectivity index (χ1) is 16.9. The van der Waals surface area contributed by atoms with E-state index in [1.165, 1.54) is 18.2 Å². The van der Waals surface area contributed by atoms with E-state index in [4.69, 9.17) is 9.47 Å². The third kappa shape index (κ3) is 6.36. The number of benzene rings is 3. The van der Waals surface area contributed by atoms with E-state index in [9.17, 15) is 13.6 Å². The molecule has 1 fully saturated rings. The van der Waals surface area contributed by atoms with Gasteiger partial charge in [0.25, 0.3) is 0 Å². The second-order valence-corrected chi connectivity index (χ2v) is 8.91. The summed E-state index contributed by atoms with van der Waals surface area (Å²) in [4.78, 5) is 15.4. The van der Waals surface area contributed by atoms with Crippen LogP contribution in [-0.2, 0) is 17.9 Å². The summed E-state index contributed by atoms with van der Waals surface area (Å²) in [6.45, 7) is 2.02. The molecule has 1 aliphatic heterocycles. The zero-order valence-corrected chi connectivity index (χ0v) is 20.0. The van der Waals surface area contributed by atoms with Crippen molar-refractivity contribution >= 4 is 5.91 Å². The summed E-state index contributed by atoms with van der Waals surface area (Å²) >= 11 is 0. The summed E-state index contributed by atoms with van der Waals surface area (Å²) in [6, 6.07) is 18.6. The van der Waals surface area contributed by atoms with Gasteiger partial charge in [0, 0.05) is 37.8 Å². The van der Waals surface area contributed by atoms with Crippen LogP contribution in [0.25, 0.3) is 0 Å². The van der Waals surface area contributed by atoms with Gasteiger partial charge < -0.3 is 14.8 Å². The Hall–Kier alpha value is -3.45. The number of carbonyl (C=O) groups excluding carboxylic acids is 1. The molecule has 3 aromatic rings. The number of piperidine rings is 1. The highest BCUT2D eigenvalue weighted by Crippen LogP contribution is 2.32. The number of halogens is 2. The molecule has 4 rings (SSSR count). The molecule has 1 amide bonds. The van der Waals surface area contributed by atoms with Gasteiger partial charge in [-0.3, -0.25) is 9.69 Å². The van der Waals surface area contributed by atoms with Gasteiger partial charge >= 0.3 is 0 Å². The van der Waals surface area contributed by atoms with Gasteiger partial charge in [0.05, 0.1) is 20.1 Å². The highest BCUT2D eigenvalue weighted by Gasteiger charge is 2.32. The van der Waals surface area contributed by atoms with Crippen molar-refractivity contribution in [2.75, 3.05) is 27.3 Å². The van der Waals surface area contributed by atoms with Crippen LogP contribution in [-0.4, -0.2) is 38.1 Å². The first kappa shape index (κ1) is 24.7. The van der Waals surface area contributed by atoms with E-state index in [2.05, 4.69) is 10.2 Å². The van der Waals surface area contributed by atoms with E-state index < -0.39 is 0 Å². The second kappa shape index (κ2) is 11.3. The normalized spacial score (nSPS) is 18.2. The van der Waals surface area contributed by atoms with Crippen molar-refractivity contribution in [2.45, 2.75) is 25.4 Å². The number of hydrogen-bond acceptors (Lipinski definition) is 4. The van der Waals surface area contributed by atoms with Crippen LogP contribution in [0.1, 0.15) is 29.0 Å². The molecule has 0 bridgehead atoms. The average molecular weight is 481 g/mol. The Bertz CT molecular complexity index is 1130. The third-order valence-electron chi connectivity index (χ3n) is 6.47. The maximum Gasteiger partial charge on any atom is 0.224 e. The number of likely N-dealkylation sites (tertiary alicyclic amines) is 1. The van der Waals surface area contributed by atoms with Gasteiger partial charge in [0.15, 0.2) is 0 Å². The van der Waals surface area contributed by atoms with Crippen molar-refractivity contribution < 1.29 is 23.0 Å². The monoisotopic (exact) mass is 480 g/mol. The molecule has 35 heavy (non-hydrogen) atoms. The average Bonchev–Trinajstić information content (AvgIpc) is 2.88. The molecule has 1 saturated heterocycles. The lowest BCUT2D eigenvalue weighted by Crippen LogP contribution is -2.45. The van der Waals surface area contributed by atoms with Gasteiger partial charge in [-0.1, -0.05) is 30.3 Å². The molecule has 3 aromatic carbocycles. The summed E-state index contributed by atoms with van der Waals surface area (Å²) < 4.78 is 38.4. The van der Waals surface area contributed by atoms with Crippen molar-refractivity contribution in [3.05, 3.63) is 95.1 Å². The van der Waals surface area contributed by atoms with Gasteiger partial charge in [-0.05, 0) is 53.8 Å². The highest BCUT2D eigenvalue weighted by atomic mass is 19.1. The number of carbonyl (C=O) groups is 1. The molecule has 0 aromatic heterocycles. The lowest BCUT2D eigenvalue weighted by molar-refractivity contribution is -0.127. The summed E-state index contributed by atoms with van der Waals surface area (Å²) in [5, 5.41) is 2.91. The number of ether oxygens (including phenoxy) is 2. The highest BCUT2D eigenvalue weighted by molar-refractivity contribution is 5.79. The van der Waals surface area contributed by atoms with Gasteiger partial charge in [-0.2, -0.15) is 0 Å². The molecule has 5 nitrogen and oxygen atoms in total. The summed E-state index contributed by atoms with van der Waals surface area (Å²) in [5.41, 5.74) is 2.45. The van der Waals surface area contributed by atoms with Gasteiger partial charge in [-0.25, -0.2) is 8.78 Å². The summed E-state index contributed by atoms with van der Waals surface area (Å²) in [5.74, 6) is 0.419. The van der Waals surface area contributed by atoms with Crippen LogP contribution in [0.3, 0.4) is 0 Å². The van der Waals surface area contributed by atoms with Crippen LogP contribution in [0.4, 0.5) is 8.78 Å². The molecule has 184 valence electrons. The van der Waals surface area contributed by atoms with E-state index in [1.54, 1.807) is 44.6 Å². The van der Waals surface area contributed by atoms with Crippen molar-refractivity contribution in [1.82, 2.24) is 10.2 Å². The maximum absolute atomic E-state index is 14.0. The molecular weight excluding hydrogens is 450 g/mol. The Morgan fingerprint density at radius 2 is 1.66 bits per heavy atom. The zero-order chi connectivity index (χ0) is 24.8. The molecule has 1 heterocycles. The Morgan fingerprint density at radius 3 is 2.31 bits per heavy atom. The van der Waals surface area contributed by atoms with Gasteiger partial charge in [-0.15, -0.1) is 0 Å². The Balaban J connectivity index is 1.52. The maximum atomic E-state index is 14.0. The van der Waals surface area contributed by atoms with Crippen molar-refractivity contribution in [3.63, 3.8) is 0 Å². The largest absolute Gasteiger partial charge is 0.497 e. The molecule has 1 N–H and O–H groups in total.